The van der Waals surface area contributed by atoms with E-state index in [0.717, 1.165) is 5.56 Å². The standard InChI is InChI=1S/C16H15FN2O3/c1-19(9-11-2-4-12(17)5-3-11)16(20)18-13-6-7-14-15(8-13)22-10-21-14/h2-8H,9-10H2,1H3,(H,18,20). The van der Waals surface area contributed by atoms with Gasteiger partial charge in [-0.25, -0.2) is 9.18 Å². The van der Waals surface area contributed by atoms with E-state index in [2.05, 4.69) is 5.32 Å². The number of urea groups is 1. The molecule has 0 saturated heterocycles. The third-order valence-corrected chi connectivity index (χ3v) is 3.30. The van der Waals surface area contributed by atoms with Crippen molar-refractivity contribution in [2.75, 3.05) is 19.2 Å². The molecular weight excluding hydrogens is 287 g/mol. The Bertz CT molecular complexity index is 688. The lowest BCUT2D eigenvalue weighted by molar-refractivity contribution is 0.174. The number of nitrogens with one attached hydrogen (secondary N) is 1. The van der Waals surface area contributed by atoms with E-state index in [9.17, 15) is 9.18 Å². The molecule has 6 heteroatoms. The summed E-state index contributed by atoms with van der Waals surface area (Å²) < 4.78 is 23.3. The van der Waals surface area contributed by atoms with Gasteiger partial charge < -0.3 is 19.7 Å². The predicted molar refractivity (Wildman–Crippen MR) is 79.5 cm³/mol. The average Bonchev–Trinajstić information content (AvgIpc) is 2.97. The lowest BCUT2D eigenvalue weighted by atomic mass is 10.2. The number of hydrogen-bond donors (Lipinski definition) is 1. The van der Waals surface area contributed by atoms with E-state index >= 15 is 0 Å². The molecule has 2 aromatic carbocycles. The Kier molecular flexibility index (Phi) is 3.82. The van der Waals surface area contributed by atoms with Crippen LogP contribution in [0.3, 0.4) is 0 Å². The fourth-order valence-corrected chi connectivity index (χ4v) is 2.13. The quantitative estimate of drug-likeness (QED) is 0.947. The normalized spacial score (nSPS) is 12.1. The zero-order valence-corrected chi connectivity index (χ0v) is 12.0. The molecule has 0 bridgehead atoms. The van der Waals surface area contributed by atoms with Gasteiger partial charge in [0.25, 0.3) is 0 Å². The van der Waals surface area contributed by atoms with Crippen LogP contribution in [0.4, 0.5) is 14.9 Å². The molecule has 0 aromatic heterocycles. The highest BCUT2D eigenvalue weighted by molar-refractivity contribution is 5.89. The topological polar surface area (TPSA) is 50.8 Å². The van der Waals surface area contributed by atoms with Crippen molar-refractivity contribution in [1.29, 1.82) is 0 Å². The molecule has 114 valence electrons. The first-order valence-electron chi connectivity index (χ1n) is 6.78. The van der Waals surface area contributed by atoms with Gasteiger partial charge in [-0.05, 0) is 29.8 Å². The number of fused-ring (bicyclic) bond motifs is 1. The van der Waals surface area contributed by atoms with Crippen LogP contribution in [0.15, 0.2) is 42.5 Å². The number of anilines is 1. The molecule has 0 fully saturated rings. The first kappa shape index (κ1) is 14.2. The van der Waals surface area contributed by atoms with Gasteiger partial charge in [0.1, 0.15) is 5.82 Å². The van der Waals surface area contributed by atoms with Crippen LogP contribution in [-0.4, -0.2) is 24.8 Å². The number of amides is 2. The summed E-state index contributed by atoms with van der Waals surface area (Å²) in [6.45, 7) is 0.577. The van der Waals surface area contributed by atoms with E-state index in [1.807, 2.05) is 0 Å². The summed E-state index contributed by atoms with van der Waals surface area (Å²) in [6, 6.07) is 11.0. The van der Waals surface area contributed by atoms with Crippen LogP contribution >= 0.6 is 0 Å². The highest BCUT2D eigenvalue weighted by Gasteiger charge is 2.15. The van der Waals surface area contributed by atoms with E-state index < -0.39 is 0 Å². The number of nitrogens with zero attached hydrogens (tertiary/aromatic N) is 1. The molecule has 2 aromatic rings. The SMILES string of the molecule is CN(Cc1ccc(F)cc1)C(=O)Nc1ccc2c(c1)OCO2. The summed E-state index contributed by atoms with van der Waals surface area (Å²) in [5.41, 5.74) is 1.48. The highest BCUT2D eigenvalue weighted by atomic mass is 19.1. The van der Waals surface area contributed by atoms with Crippen LogP contribution in [0.25, 0.3) is 0 Å². The minimum absolute atomic E-state index is 0.192. The molecule has 1 heterocycles. The Morgan fingerprint density at radius 3 is 2.68 bits per heavy atom. The molecule has 2 amide bonds. The minimum Gasteiger partial charge on any atom is -0.454 e. The predicted octanol–water partition coefficient (Wildman–Crippen LogP) is 3.22. The van der Waals surface area contributed by atoms with Crippen LogP contribution in [-0.2, 0) is 6.54 Å². The van der Waals surface area contributed by atoms with Crippen LogP contribution in [0, 0.1) is 5.82 Å². The van der Waals surface area contributed by atoms with Gasteiger partial charge in [-0.2, -0.15) is 0 Å². The van der Waals surface area contributed by atoms with Crippen LogP contribution in [0.2, 0.25) is 0 Å². The lowest BCUT2D eigenvalue weighted by Crippen LogP contribution is -2.30. The number of carbonyl (C=O) groups excluding carboxylic acids is 1. The second-order valence-electron chi connectivity index (χ2n) is 4.98. The largest absolute Gasteiger partial charge is 0.454 e. The maximum absolute atomic E-state index is 12.9. The number of halogens is 1. The van der Waals surface area contributed by atoms with Crippen LogP contribution in [0.1, 0.15) is 5.56 Å². The van der Waals surface area contributed by atoms with E-state index in [1.54, 1.807) is 37.4 Å². The molecule has 5 nitrogen and oxygen atoms in total. The first-order chi connectivity index (χ1) is 10.6. The molecule has 0 atom stereocenters. The smallest absolute Gasteiger partial charge is 0.321 e. The molecule has 0 spiro atoms. The van der Waals surface area contributed by atoms with Crippen molar-refractivity contribution in [3.63, 3.8) is 0 Å². The van der Waals surface area contributed by atoms with Crippen molar-refractivity contribution < 1.29 is 18.7 Å². The zero-order valence-electron chi connectivity index (χ0n) is 12.0. The van der Waals surface area contributed by atoms with Crippen molar-refractivity contribution in [2.45, 2.75) is 6.54 Å². The molecular formula is C16H15FN2O3. The van der Waals surface area contributed by atoms with Gasteiger partial charge in [0.05, 0.1) is 0 Å². The number of rotatable bonds is 3. The van der Waals surface area contributed by atoms with Gasteiger partial charge in [-0.3, -0.25) is 0 Å². The average molecular weight is 302 g/mol. The number of benzene rings is 2. The second kappa shape index (κ2) is 5.93. The highest BCUT2D eigenvalue weighted by Crippen LogP contribution is 2.34. The number of carbonyl (C=O) groups is 1. The second-order valence-corrected chi connectivity index (χ2v) is 4.98. The summed E-state index contributed by atoms with van der Waals surface area (Å²) in [6.07, 6.45) is 0. The summed E-state index contributed by atoms with van der Waals surface area (Å²) in [5, 5.41) is 2.78. The fraction of sp³-hybridized carbons (Fsp3) is 0.188. The number of hydrogen-bond acceptors (Lipinski definition) is 3. The van der Waals surface area contributed by atoms with Crippen molar-refractivity contribution >= 4 is 11.7 Å². The maximum Gasteiger partial charge on any atom is 0.321 e. The van der Waals surface area contributed by atoms with Gasteiger partial charge in [0.2, 0.25) is 6.79 Å². The van der Waals surface area contributed by atoms with E-state index in [-0.39, 0.29) is 18.6 Å². The third kappa shape index (κ3) is 3.11. The van der Waals surface area contributed by atoms with E-state index in [1.165, 1.54) is 17.0 Å². The molecule has 0 radical (unpaired) electrons. The molecule has 3 rings (SSSR count). The van der Waals surface area contributed by atoms with Crippen LogP contribution < -0.4 is 14.8 Å². The maximum atomic E-state index is 12.9. The number of ether oxygens (including phenoxy) is 2. The molecule has 0 unspecified atom stereocenters. The van der Waals surface area contributed by atoms with Crippen LogP contribution in [0.5, 0.6) is 11.5 Å². The summed E-state index contributed by atoms with van der Waals surface area (Å²) >= 11 is 0. The summed E-state index contributed by atoms with van der Waals surface area (Å²) in [5.74, 6) is 0.980. The Balaban J connectivity index is 1.62. The van der Waals surface area contributed by atoms with Gasteiger partial charge in [0.15, 0.2) is 11.5 Å². The Labute approximate surface area is 127 Å². The molecule has 0 aliphatic carbocycles. The molecule has 1 aliphatic heterocycles. The first-order valence-corrected chi connectivity index (χ1v) is 6.78. The minimum atomic E-state index is -0.295. The Morgan fingerprint density at radius 1 is 1.18 bits per heavy atom. The van der Waals surface area contributed by atoms with Gasteiger partial charge in [-0.15, -0.1) is 0 Å². The molecule has 1 N–H and O–H groups in total. The molecule has 1 aliphatic rings. The van der Waals surface area contributed by atoms with Gasteiger partial charge >= 0.3 is 6.03 Å². The monoisotopic (exact) mass is 302 g/mol. The van der Waals surface area contributed by atoms with E-state index in [4.69, 9.17) is 9.47 Å². The van der Waals surface area contributed by atoms with E-state index in [0.29, 0.717) is 23.7 Å². The lowest BCUT2D eigenvalue weighted by Gasteiger charge is -2.18. The fourth-order valence-electron chi connectivity index (χ4n) is 2.13. The third-order valence-electron chi connectivity index (χ3n) is 3.30. The molecule has 0 saturated carbocycles. The molecule has 22 heavy (non-hydrogen) atoms. The Hall–Kier alpha value is -2.76. The Morgan fingerprint density at radius 2 is 1.91 bits per heavy atom. The van der Waals surface area contributed by atoms with Crippen molar-refractivity contribution in [3.8, 4) is 11.5 Å². The van der Waals surface area contributed by atoms with Crippen molar-refractivity contribution in [3.05, 3.63) is 53.8 Å². The zero-order chi connectivity index (χ0) is 15.5. The van der Waals surface area contributed by atoms with Gasteiger partial charge in [0, 0.05) is 25.3 Å². The summed E-state index contributed by atoms with van der Waals surface area (Å²) in [4.78, 5) is 13.7. The van der Waals surface area contributed by atoms with Crippen molar-refractivity contribution in [1.82, 2.24) is 4.90 Å². The van der Waals surface area contributed by atoms with Crippen molar-refractivity contribution in [2.24, 2.45) is 0 Å². The summed E-state index contributed by atoms with van der Waals surface area (Å²) in [7, 11) is 1.67. The van der Waals surface area contributed by atoms with Gasteiger partial charge in [-0.1, -0.05) is 12.1 Å².